The van der Waals surface area contributed by atoms with E-state index in [0.29, 0.717) is 61.8 Å². The van der Waals surface area contributed by atoms with Crippen molar-refractivity contribution in [2.45, 2.75) is 6.18 Å². The molecule has 0 fully saturated rings. The average molecular weight is 509 g/mol. The molecule has 5 nitrogen and oxygen atoms in total. The van der Waals surface area contributed by atoms with Crippen LogP contribution in [-0.2, 0) is 6.18 Å². The van der Waals surface area contributed by atoms with Gasteiger partial charge in [0.05, 0.1) is 25.5 Å². The molecule has 1 aromatic heterocycles. The van der Waals surface area contributed by atoms with Gasteiger partial charge in [-0.25, -0.2) is 4.68 Å². The number of nitrogens with zero attached hydrogens (tertiary/aromatic N) is 2. The van der Waals surface area contributed by atoms with E-state index in [0.717, 1.165) is 12.1 Å². The first-order valence-corrected chi connectivity index (χ1v) is 11.2. The summed E-state index contributed by atoms with van der Waals surface area (Å²) < 4.78 is 51.6. The number of rotatable bonds is 3. The first-order chi connectivity index (χ1) is 17.2. The van der Waals surface area contributed by atoms with Gasteiger partial charge in [-0.05, 0) is 77.4 Å². The maximum Gasteiger partial charge on any atom is 0.416 e. The summed E-state index contributed by atoms with van der Waals surface area (Å²) in [5, 5.41) is 4.92. The smallest absolute Gasteiger partial charge is 0.416 e. The third kappa shape index (κ3) is 3.25. The number of hydrogen-bond donors (Lipinski definition) is 0. The maximum atomic E-state index is 13.1. The van der Waals surface area contributed by atoms with Crippen molar-refractivity contribution >= 4 is 11.6 Å². The van der Waals surface area contributed by atoms with Crippen molar-refractivity contribution in [2.24, 2.45) is 0 Å². The van der Waals surface area contributed by atoms with Gasteiger partial charge in [-0.1, -0.05) is 11.6 Å². The Balaban J connectivity index is 1.66. The van der Waals surface area contributed by atoms with E-state index in [1.165, 1.54) is 31.0 Å². The molecular formula is C27H16ClF3N2O3. The minimum atomic E-state index is -4.46. The summed E-state index contributed by atoms with van der Waals surface area (Å²) in [5.74, 6) is 1.11. The van der Waals surface area contributed by atoms with Crippen LogP contribution < -0.4 is 14.9 Å². The zero-order valence-electron chi connectivity index (χ0n) is 18.9. The van der Waals surface area contributed by atoms with E-state index in [-0.39, 0.29) is 10.6 Å². The Kier molecular flexibility index (Phi) is 4.82. The standard InChI is InChI=1S/C27H16ClF3N2O3/c1-35-15-7-9-17-19(11-15)23-24(20-12-16(36-2)8-10-18(20)22-21(17)25(22)34)32-33(26(23)28)14-5-3-13(4-6-14)27(29,30)31/h3-12H,1-2H3. The quantitative estimate of drug-likeness (QED) is 0.264. The van der Waals surface area contributed by atoms with Crippen molar-refractivity contribution in [2.75, 3.05) is 14.2 Å². The molecule has 0 saturated heterocycles. The molecule has 6 rings (SSSR count). The Morgan fingerprint density at radius 3 is 1.89 bits per heavy atom. The average Bonchev–Trinajstić information content (AvgIpc) is 3.40. The van der Waals surface area contributed by atoms with E-state index in [1.54, 1.807) is 36.4 Å². The van der Waals surface area contributed by atoms with Gasteiger partial charge < -0.3 is 9.47 Å². The summed E-state index contributed by atoms with van der Waals surface area (Å²) in [4.78, 5) is 12.9. The van der Waals surface area contributed by atoms with Gasteiger partial charge >= 0.3 is 6.18 Å². The summed E-state index contributed by atoms with van der Waals surface area (Å²) >= 11 is 6.90. The SMILES string of the molecule is COc1ccc2c(c1)-c1nn(-c3ccc(C(F)(F)F)cc3)c(Cl)c1-c1cc(OC)ccc1-c1c-2c1=O. The normalized spacial score (nSPS) is 12.3. The highest BCUT2D eigenvalue weighted by Gasteiger charge is 2.36. The number of benzene rings is 3. The molecule has 1 aliphatic rings. The summed E-state index contributed by atoms with van der Waals surface area (Å²) in [7, 11) is 3.07. The Morgan fingerprint density at radius 1 is 0.778 bits per heavy atom. The minimum absolute atomic E-state index is 0.0651. The Morgan fingerprint density at radius 2 is 1.33 bits per heavy atom. The Bertz CT molecular complexity index is 1680. The number of aromatic nitrogens is 2. The van der Waals surface area contributed by atoms with Crippen LogP contribution in [0.4, 0.5) is 13.2 Å². The molecule has 0 atom stereocenters. The fourth-order valence-electron chi connectivity index (χ4n) is 4.61. The highest BCUT2D eigenvalue weighted by atomic mass is 35.5. The molecular weight excluding hydrogens is 493 g/mol. The molecule has 0 unspecified atom stereocenters. The van der Waals surface area contributed by atoms with Gasteiger partial charge in [-0.2, -0.15) is 18.3 Å². The van der Waals surface area contributed by atoms with Crippen LogP contribution in [0, 0.1) is 0 Å². The van der Waals surface area contributed by atoms with E-state index >= 15 is 0 Å². The number of hydrogen-bond acceptors (Lipinski definition) is 4. The van der Waals surface area contributed by atoms with Crippen LogP contribution in [0.15, 0.2) is 65.5 Å². The Labute approximate surface area is 208 Å². The molecule has 180 valence electrons. The van der Waals surface area contributed by atoms with Crippen LogP contribution in [0.2, 0.25) is 5.15 Å². The first-order valence-electron chi connectivity index (χ1n) is 10.9. The van der Waals surface area contributed by atoms with E-state index in [4.69, 9.17) is 26.2 Å². The van der Waals surface area contributed by atoms with Crippen molar-refractivity contribution in [3.63, 3.8) is 0 Å². The van der Waals surface area contributed by atoms with Crippen molar-refractivity contribution in [3.05, 3.63) is 81.6 Å². The summed E-state index contributed by atoms with van der Waals surface area (Å²) in [5.41, 5.74) is 4.33. The predicted molar refractivity (Wildman–Crippen MR) is 131 cm³/mol. The maximum absolute atomic E-state index is 13.1. The minimum Gasteiger partial charge on any atom is -0.497 e. The van der Waals surface area contributed by atoms with Crippen molar-refractivity contribution in [1.29, 1.82) is 0 Å². The summed E-state index contributed by atoms with van der Waals surface area (Å²) in [6.07, 6.45) is -4.46. The second-order valence-electron chi connectivity index (χ2n) is 8.37. The van der Waals surface area contributed by atoms with Gasteiger partial charge in [0, 0.05) is 22.3 Å². The molecule has 0 bridgehead atoms. The monoisotopic (exact) mass is 508 g/mol. The molecule has 1 heterocycles. The third-order valence-corrected chi connectivity index (χ3v) is 6.78. The highest BCUT2D eigenvalue weighted by molar-refractivity contribution is 6.34. The molecule has 5 aromatic rings. The predicted octanol–water partition coefficient (Wildman–Crippen LogP) is 6.78. The molecule has 0 saturated carbocycles. The van der Waals surface area contributed by atoms with Gasteiger partial charge in [0.15, 0.2) is 5.43 Å². The molecule has 0 aliphatic heterocycles. The zero-order chi connectivity index (χ0) is 25.4. The van der Waals surface area contributed by atoms with E-state index in [1.807, 2.05) is 0 Å². The van der Waals surface area contributed by atoms with Gasteiger partial charge in [0.25, 0.3) is 0 Å². The van der Waals surface area contributed by atoms with Gasteiger partial charge in [0.2, 0.25) is 0 Å². The lowest BCUT2D eigenvalue weighted by Gasteiger charge is -2.15. The lowest BCUT2D eigenvalue weighted by atomic mass is 9.90. The molecule has 9 heteroatoms. The zero-order valence-corrected chi connectivity index (χ0v) is 19.7. The van der Waals surface area contributed by atoms with Crippen LogP contribution in [0.3, 0.4) is 0 Å². The van der Waals surface area contributed by atoms with Crippen LogP contribution >= 0.6 is 11.6 Å². The first kappa shape index (κ1) is 22.4. The van der Waals surface area contributed by atoms with Crippen LogP contribution in [0.25, 0.3) is 50.3 Å². The highest BCUT2D eigenvalue weighted by Crippen LogP contribution is 2.52. The van der Waals surface area contributed by atoms with E-state index in [9.17, 15) is 18.0 Å². The molecule has 0 amide bonds. The molecule has 0 N–H and O–H groups in total. The Hall–Kier alpha value is -4.04. The molecule has 0 spiro atoms. The van der Waals surface area contributed by atoms with Gasteiger partial charge in [-0.3, -0.25) is 4.79 Å². The topological polar surface area (TPSA) is 53.4 Å². The largest absolute Gasteiger partial charge is 0.497 e. The van der Waals surface area contributed by atoms with Crippen LogP contribution in [0.1, 0.15) is 5.56 Å². The summed E-state index contributed by atoms with van der Waals surface area (Å²) in [6.45, 7) is 0. The fourth-order valence-corrected chi connectivity index (χ4v) is 4.94. The van der Waals surface area contributed by atoms with Gasteiger partial charge in [0.1, 0.15) is 22.3 Å². The number of alkyl halides is 3. The van der Waals surface area contributed by atoms with Crippen molar-refractivity contribution < 1.29 is 22.6 Å². The lowest BCUT2D eigenvalue weighted by Crippen LogP contribution is -2.05. The molecule has 36 heavy (non-hydrogen) atoms. The van der Waals surface area contributed by atoms with Crippen molar-refractivity contribution in [1.82, 2.24) is 9.78 Å². The molecule has 1 aliphatic carbocycles. The second-order valence-corrected chi connectivity index (χ2v) is 8.73. The second kappa shape index (κ2) is 7.73. The van der Waals surface area contributed by atoms with Crippen LogP contribution in [-0.4, -0.2) is 24.0 Å². The lowest BCUT2D eigenvalue weighted by molar-refractivity contribution is -0.137. The van der Waals surface area contributed by atoms with Gasteiger partial charge in [-0.15, -0.1) is 0 Å². The van der Waals surface area contributed by atoms with E-state index in [2.05, 4.69) is 0 Å². The number of halogens is 4. The third-order valence-electron chi connectivity index (χ3n) is 6.43. The number of fused-ring (bicyclic) bond motifs is 8. The van der Waals surface area contributed by atoms with Crippen LogP contribution in [0.5, 0.6) is 11.5 Å². The van der Waals surface area contributed by atoms with Crippen molar-refractivity contribution in [3.8, 4) is 61.8 Å². The molecule has 0 radical (unpaired) electrons. The number of methoxy groups -OCH3 is 2. The fraction of sp³-hybridized carbons (Fsp3) is 0.111. The summed E-state index contributed by atoms with van der Waals surface area (Å²) in [6, 6.07) is 15.3. The van der Waals surface area contributed by atoms with E-state index < -0.39 is 11.7 Å². The molecule has 4 aromatic carbocycles. The number of ether oxygens (including phenoxy) is 2.